The molecule has 1 heterocycles. The zero-order valence-electron chi connectivity index (χ0n) is 17.5. The van der Waals surface area contributed by atoms with Crippen molar-refractivity contribution in [3.63, 3.8) is 0 Å². The largest absolute Gasteiger partial charge is 0.484 e. The number of nitrogens with zero attached hydrogens (tertiary/aromatic N) is 2. The van der Waals surface area contributed by atoms with Crippen LogP contribution in [0.25, 0.3) is 0 Å². The van der Waals surface area contributed by atoms with Crippen molar-refractivity contribution in [3.8, 4) is 5.75 Å². The van der Waals surface area contributed by atoms with E-state index in [9.17, 15) is 9.59 Å². The van der Waals surface area contributed by atoms with Crippen LogP contribution >= 0.6 is 11.6 Å². The molecule has 164 valence electrons. The predicted molar refractivity (Wildman–Crippen MR) is 126 cm³/mol. The SMILES string of the molecule is O=C(COc1ccccc1)Nc1cccc(N2CCCN(Cc3ccccc3Cl)C2=O)c1. The number of ether oxygens (including phenoxy) is 1. The predicted octanol–water partition coefficient (Wildman–Crippen LogP) is 5.19. The van der Waals surface area contributed by atoms with Gasteiger partial charge in [-0.05, 0) is 48.4 Å². The van der Waals surface area contributed by atoms with E-state index >= 15 is 0 Å². The number of nitrogens with one attached hydrogen (secondary N) is 1. The summed E-state index contributed by atoms with van der Waals surface area (Å²) in [6, 6.07) is 23.9. The lowest BCUT2D eigenvalue weighted by Crippen LogP contribution is -2.49. The van der Waals surface area contributed by atoms with Crippen molar-refractivity contribution in [2.75, 3.05) is 29.9 Å². The van der Waals surface area contributed by atoms with Crippen LogP contribution in [0.3, 0.4) is 0 Å². The van der Waals surface area contributed by atoms with Crippen LogP contribution in [0, 0.1) is 0 Å². The Balaban J connectivity index is 1.40. The Bertz CT molecular complexity index is 1090. The van der Waals surface area contributed by atoms with Crippen molar-refractivity contribution >= 4 is 34.9 Å². The highest BCUT2D eigenvalue weighted by molar-refractivity contribution is 6.31. The highest BCUT2D eigenvalue weighted by Gasteiger charge is 2.27. The molecule has 0 aromatic heterocycles. The van der Waals surface area contributed by atoms with Crippen LogP contribution in [-0.2, 0) is 11.3 Å². The lowest BCUT2D eigenvalue weighted by molar-refractivity contribution is -0.118. The minimum absolute atomic E-state index is 0.0768. The summed E-state index contributed by atoms with van der Waals surface area (Å²) in [5.41, 5.74) is 2.27. The minimum Gasteiger partial charge on any atom is -0.484 e. The van der Waals surface area contributed by atoms with Gasteiger partial charge in [-0.25, -0.2) is 4.79 Å². The van der Waals surface area contributed by atoms with Crippen molar-refractivity contribution in [2.24, 2.45) is 0 Å². The molecule has 7 heteroatoms. The van der Waals surface area contributed by atoms with Gasteiger partial charge in [-0.3, -0.25) is 9.69 Å². The van der Waals surface area contributed by atoms with E-state index in [0.717, 1.165) is 17.7 Å². The quantitative estimate of drug-likeness (QED) is 0.540. The number of benzene rings is 3. The smallest absolute Gasteiger partial charge is 0.324 e. The van der Waals surface area contributed by atoms with E-state index in [2.05, 4.69) is 5.32 Å². The molecule has 32 heavy (non-hydrogen) atoms. The number of rotatable bonds is 7. The van der Waals surface area contributed by atoms with Crippen LogP contribution < -0.4 is 15.0 Å². The van der Waals surface area contributed by atoms with Gasteiger partial charge < -0.3 is 15.0 Å². The number of carbonyl (C=O) groups excluding carboxylic acids is 2. The molecule has 3 aromatic rings. The molecule has 0 spiro atoms. The molecular weight excluding hydrogens is 426 g/mol. The number of carbonyl (C=O) groups is 2. The number of amides is 3. The summed E-state index contributed by atoms with van der Waals surface area (Å²) in [5.74, 6) is 0.366. The van der Waals surface area contributed by atoms with Gasteiger partial charge in [0.1, 0.15) is 5.75 Å². The fraction of sp³-hybridized carbons (Fsp3) is 0.200. The van der Waals surface area contributed by atoms with Crippen LogP contribution in [-0.4, -0.2) is 36.5 Å². The summed E-state index contributed by atoms with van der Waals surface area (Å²) in [6.45, 7) is 1.66. The summed E-state index contributed by atoms with van der Waals surface area (Å²) >= 11 is 6.28. The van der Waals surface area contributed by atoms with Gasteiger partial charge in [0, 0.05) is 36.0 Å². The van der Waals surface area contributed by atoms with Crippen molar-refractivity contribution in [3.05, 3.63) is 89.4 Å². The second kappa shape index (κ2) is 10.2. The van der Waals surface area contributed by atoms with Crippen molar-refractivity contribution < 1.29 is 14.3 Å². The monoisotopic (exact) mass is 449 g/mol. The van der Waals surface area contributed by atoms with Crippen LogP contribution in [0.1, 0.15) is 12.0 Å². The fourth-order valence-electron chi connectivity index (χ4n) is 3.61. The second-order valence-electron chi connectivity index (χ2n) is 7.50. The fourth-order valence-corrected chi connectivity index (χ4v) is 3.81. The van der Waals surface area contributed by atoms with E-state index in [1.165, 1.54) is 0 Å². The van der Waals surface area contributed by atoms with E-state index in [-0.39, 0.29) is 18.5 Å². The van der Waals surface area contributed by atoms with Crippen LogP contribution in [0.2, 0.25) is 5.02 Å². The van der Waals surface area contributed by atoms with Gasteiger partial charge in [0.2, 0.25) is 0 Å². The first-order valence-electron chi connectivity index (χ1n) is 10.5. The number of halogens is 1. The van der Waals surface area contributed by atoms with Gasteiger partial charge in [-0.1, -0.05) is 54.1 Å². The van der Waals surface area contributed by atoms with Crippen LogP contribution in [0.15, 0.2) is 78.9 Å². The van der Waals surface area contributed by atoms with Crippen molar-refractivity contribution in [2.45, 2.75) is 13.0 Å². The Morgan fingerprint density at radius 3 is 2.56 bits per heavy atom. The zero-order chi connectivity index (χ0) is 22.3. The molecule has 4 rings (SSSR count). The summed E-state index contributed by atoms with van der Waals surface area (Å²) in [6.07, 6.45) is 0.845. The molecule has 0 saturated carbocycles. The molecule has 1 fully saturated rings. The normalized spacial score (nSPS) is 13.7. The maximum atomic E-state index is 13.1. The minimum atomic E-state index is -0.267. The number of hydrogen-bond donors (Lipinski definition) is 1. The molecule has 1 aliphatic rings. The molecule has 1 saturated heterocycles. The van der Waals surface area contributed by atoms with E-state index in [1.807, 2.05) is 54.6 Å². The molecule has 0 unspecified atom stereocenters. The number of anilines is 2. The molecule has 6 nitrogen and oxygen atoms in total. The Morgan fingerprint density at radius 1 is 0.969 bits per heavy atom. The molecule has 0 radical (unpaired) electrons. The summed E-state index contributed by atoms with van der Waals surface area (Å²) in [4.78, 5) is 29.0. The van der Waals surface area contributed by atoms with E-state index in [0.29, 0.717) is 36.1 Å². The Labute approximate surface area is 192 Å². The standard InChI is InChI=1S/C25H24ClN3O3/c26-23-13-5-4-8-19(23)17-28-14-7-15-29(25(28)31)21-10-6-9-20(16-21)27-24(30)18-32-22-11-2-1-3-12-22/h1-6,8-13,16H,7,14-15,17-18H2,(H,27,30). The third-order valence-corrected chi connectivity index (χ3v) is 5.55. The summed E-state index contributed by atoms with van der Waals surface area (Å²) in [7, 11) is 0. The van der Waals surface area contributed by atoms with Gasteiger partial charge in [-0.15, -0.1) is 0 Å². The van der Waals surface area contributed by atoms with Crippen molar-refractivity contribution in [1.29, 1.82) is 0 Å². The van der Waals surface area contributed by atoms with Crippen LogP contribution in [0.5, 0.6) is 5.75 Å². The highest BCUT2D eigenvalue weighted by atomic mass is 35.5. The topological polar surface area (TPSA) is 61.9 Å². The molecule has 0 atom stereocenters. The Morgan fingerprint density at radius 2 is 1.75 bits per heavy atom. The highest BCUT2D eigenvalue weighted by Crippen LogP contribution is 2.25. The number of urea groups is 1. The molecule has 0 bridgehead atoms. The maximum absolute atomic E-state index is 13.1. The second-order valence-corrected chi connectivity index (χ2v) is 7.91. The van der Waals surface area contributed by atoms with E-state index in [1.54, 1.807) is 34.1 Å². The first-order valence-corrected chi connectivity index (χ1v) is 10.9. The van der Waals surface area contributed by atoms with Gasteiger partial charge >= 0.3 is 6.03 Å². The average Bonchev–Trinajstić information content (AvgIpc) is 2.81. The van der Waals surface area contributed by atoms with Gasteiger partial charge in [-0.2, -0.15) is 0 Å². The third kappa shape index (κ3) is 5.39. The molecule has 3 amide bonds. The van der Waals surface area contributed by atoms with E-state index in [4.69, 9.17) is 16.3 Å². The van der Waals surface area contributed by atoms with E-state index < -0.39 is 0 Å². The Hall–Kier alpha value is -3.51. The zero-order valence-corrected chi connectivity index (χ0v) is 18.3. The average molecular weight is 450 g/mol. The van der Waals surface area contributed by atoms with Crippen LogP contribution in [0.4, 0.5) is 16.2 Å². The van der Waals surface area contributed by atoms with Gasteiger partial charge in [0.05, 0.1) is 0 Å². The van der Waals surface area contributed by atoms with Gasteiger partial charge in [0.25, 0.3) is 5.91 Å². The summed E-state index contributed by atoms with van der Waals surface area (Å²) < 4.78 is 5.49. The lowest BCUT2D eigenvalue weighted by Gasteiger charge is -2.36. The van der Waals surface area contributed by atoms with Gasteiger partial charge in [0.15, 0.2) is 6.61 Å². The molecule has 3 aromatic carbocycles. The molecule has 1 aliphatic heterocycles. The molecule has 0 aliphatic carbocycles. The first-order chi connectivity index (χ1) is 15.6. The number of hydrogen-bond acceptors (Lipinski definition) is 3. The molecule has 1 N–H and O–H groups in total. The lowest BCUT2D eigenvalue weighted by atomic mass is 10.1. The summed E-state index contributed by atoms with van der Waals surface area (Å²) in [5, 5.41) is 3.48. The molecular formula is C25H24ClN3O3. The number of para-hydroxylation sites is 1. The Kier molecular flexibility index (Phi) is 6.92. The third-order valence-electron chi connectivity index (χ3n) is 5.18. The van der Waals surface area contributed by atoms with Crippen molar-refractivity contribution in [1.82, 2.24) is 4.90 Å². The first kappa shape index (κ1) is 21.7. The maximum Gasteiger partial charge on any atom is 0.324 e.